The second kappa shape index (κ2) is 3.61. The van der Waals surface area contributed by atoms with Crippen LogP contribution in [0.2, 0.25) is 0 Å². The molecule has 1 aromatic rings. The maximum atomic E-state index is 11.1. The standard InChI is InChI=1S/C9H12N4O/c1-7-10-3-2-8(12-7)13-5-4-11-9(14)6-13/h2-3H,4-6H2,1H3,(H,11,14). The monoisotopic (exact) mass is 192 g/mol. The molecule has 5 nitrogen and oxygen atoms in total. The van der Waals surface area contributed by atoms with Gasteiger partial charge in [-0.1, -0.05) is 0 Å². The summed E-state index contributed by atoms with van der Waals surface area (Å²) >= 11 is 0. The summed E-state index contributed by atoms with van der Waals surface area (Å²) in [5, 5.41) is 2.77. The first-order valence-corrected chi connectivity index (χ1v) is 4.57. The Labute approximate surface area is 82.2 Å². The van der Waals surface area contributed by atoms with E-state index in [2.05, 4.69) is 15.3 Å². The first-order chi connectivity index (χ1) is 6.75. The third kappa shape index (κ3) is 1.81. The molecule has 1 amide bonds. The van der Waals surface area contributed by atoms with E-state index in [4.69, 9.17) is 0 Å². The fourth-order valence-corrected chi connectivity index (χ4v) is 1.45. The molecule has 1 aliphatic heterocycles. The van der Waals surface area contributed by atoms with Crippen LogP contribution in [0.4, 0.5) is 5.82 Å². The van der Waals surface area contributed by atoms with Gasteiger partial charge in [-0.05, 0) is 13.0 Å². The predicted octanol–water partition coefficient (Wildman–Crippen LogP) is -0.279. The van der Waals surface area contributed by atoms with E-state index in [0.717, 1.165) is 18.2 Å². The van der Waals surface area contributed by atoms with Crippen LogP contribution in [0.3, 0.4) is 0 Å². The fourth-order valence-electron chi connectivity index (χ4n) is 1.45. The molecule has 1 N–H and O–H groups in total. The minimum absolute atomic E-state index is 0.0486. The largest absolute Gasteiger partial charge is 0.353 e. The van der Waals surface area contributed by atoms with Crippen molar-refractivity contribution in [1.29, 1.82) is 0 Å². The molecule has 0 atom stereocenters. The Morgan fingerprint density at radius 3 is 3.14 bits per heavy atom. The zero-order valence-corrected chi connectivity index (χ0v) is 8.03. The van der Waals surface area contributed by atoms with Crippen LogP contribution in [0.1, 0.15) is 5.82 Å². The van der Waals surface area contributed by atoms with E-state index >= 15 is 0 Å². The van der Waals surface area contributed by atoms with Crippen LogP contribution in [0.5, 0.6) is 0 Å². The number of nitrogens with zero attached hydrogens (tertiary/aromatic N) is 3. The van der Waals surface area contributed by atoms with Gasteiger partial charge < -0.3 is 10.2 Å². The van der Waals surface area contributed by atoms with Gasteiger partial charge in [0, 0.05) is 19.3 Å². The van der Waals surface area contributed by atoms with E-state index in [-0.39, 0.29) is 5.91 Å². The highest BCUT2D eigenvalue weighted by molar-refractivity contribution is 5.82. The van der Waals surface area contributed by atoms with Gasteiger partial charge in [-0.2, -0.15) is 0 Å². The zero-order valence-electron chi connectivity index (χ0n) is 8.03. The number of hydrogen-bond donors (Lipinski definition) is 1. The normalized spacial score (nSPS) is 16.6. The minimum Gasteiger partial charge on any atom is -0.353 e. The lowest BCUT2D eigenvalue weighted by molar-refractivity contribution is -0.120. The molecule has 0 bridgehead atoms. The summed E-state index contributed by atoms with van der Waals surface area (Å²) in [6.45, 7) is 3.72. The third-order valence-corrected chi connectivity index (χ3v) is 2.12. The van der Waals surface area contributed by atoms with E-state index in [0.29, 0.717) is 13.1 Å². The lowest BCUT2D eigenvalue weighted by Gasteiger charge is -2.27. The maximum absolute atomic E-state index is 11.1. The van der Waals surface area contributed by atoms with Gasteiger partial charge in [-0.15, -0.1) is 0 Å². The van der Waals surface area contributed by atoms with Crippen LogP contribution < -0.4 is 10.2 Å². The van der Waals surface area contributed by atoms with Crippen LogP contribution in [0, 0.1) is 6.92 Å². The summed E-state index contributed by atoms with van der Waals surface area (Å²) in [6, 6.07) is 1.82. The van der Waals surface area contributed by atoms with Crippen molar-refractivity contribution in [2.24, 2.45) is 0 Å². The van der Waals surface area contributed by atoms with Crippen molar-refractivity contribution in [3.8, 4) is 0 Å². The molecule has 2 rings (SSSR count). The zero-order chi connectivity index (χ0) is 9.97. The molecular weight excluding hydrogens is 180 g/mol. The van der Waals surface area contributed by atoms with Gasteiger partial charge in [-0.25, -0.2) is 9.97 Å². The molecule has 0 unspecified atom stereocenters. The molecule has 2 heterocycles. The average Bonchev–Trinajstić information content (AvgIpc) is 2.18. The fraction of sp³-hybridized carbons (Fsp3) is 0.444. The Morgan fingerprint density at radius 2 is 2.43 bits per heavy atom. The summed E-state index contributed by atoms with van der Waals surface area (Å²) in [4.78, 5) is 21.4. The van der Waals surface area contributed by atoms with Crippen molar-refractivity contribution >= 4 is 11.7 Å². The van der Waals surface area contributed by atoms with Gasteiger partial charge in [0.05, 0.1) is 6.54 Å². The number of aryl methyl sites for hydroxylation is 1. The van der Waals surface area contributed by atoms with Crippen LogP contribution in [0.15, 0.2) is 12.3 Å². The minimum atomic E-state index is 0.0486. The first kappa shape index (κ1) is 8.93. The number of rotatable bonds is 1. The number of nitrogens with one attached hydrogen (secondary N) is 1. The molecular formula is C9H12N4O. The van der Waals surface area contributed by atoms with Gasteiger partial charge in [-0.3, -0.25) is 4.79 Å². The van der Waals surface area contributed by atoms with Gasteiger partial charge in [0.2, 0.25) is 5.91 Å². The third-order valence-electron chi connectivity index (χ3n) is 2.12. The summed E-state index contributed by atoms with van der Waals surface area (Å²) in [5.41, 5.74) is 0. The highest BCUT2D eigenvalue weighted by Crippen LogP contribution is 2.10. The second-order valence-electron chi connectivity index (χ2n) is 3.23. The van der Waals surface area contributed by atoms with Gasteiger partial charge in [0.25, 0.3) is 0 Å². The van der Waals surface area contributed by atoms with Crippen LogP contribution in [-0.2, 0) is 4.79 Å². The number of carbonyl (C=O) groups excluding carboxylic acids is 1. The molecule has 0 radical (unpaired) electrons. The Balaban J connectivity index is 2.17. The Hall–Kier alpha value is -1.65. The Kier molecular flexibility index (Phi) is 2.30. The second-order valence-corrected chi connectivity index (χ2v) is 3.23. The van der Waals surface area contributed by atoms with Crippen molar-refractivity contribution in [2.75, 3.05) is 24.5 Å². The molecule has 0 spiro atoms. The number of aromatic nitrogens is 2. The van der Waals surface area contributed by atoms with Crippen molar-refractivity contribution in [1.82, 2.24) is 15.3 Å². The van der Waals surface area contributed by atoms with Crippen LogP contribution in [0.25, 0.3) is 0 Å². The number of hydrogen-bond acceptors (Lipinski definition) is 4. The van der Waals surface area contributed by atoms with Gasteiger partial charge in [0.15, 0.2) is 0 Å². The highest BCUT2D eigenvalue weighted by Gasteiger charge is 2.17. The van der Waals surface area contributed by atoms with Crippen molar-refractivity contribution in [3.05, 3.63) is 18.1 Å². The molecule has 0 aliphatic carbocycles. The van der Waals surface area contributed by atoms with E-state index in [1.54, 1.807) is 6.20 Å². The molecule has 0 saturated carbocycles. The summed E-state index contributed by atoms with van der Waals surface area (Å²) in [5.74, 6) is 1.60. The average molecular weight is 192 g/mol. The first-order valence-electron chi connectivity index (χ1n) is 4.57. The predicted molar refractivity (Wildman–Crippen MR) is 52.0 cm³/mol. The number of amides is 1. The summed E-state index contributed by atoms with van der Waals surface area (Å²) in [6.07, 6.45) is 1.71. The van der Waals surface area contributed by atoms with Gasteiger partial charge >= 0.3 is 0 Å². The molecule has 0 aromatic carbocycles. The van der Waals surface area contributed by atoms with E-state index in [1.807, 2.05) is 17.9 Å². The van der Waals surface area contributed by atoms with Crippen LogP contribution >= 0.6 is 0 Å². The maximum Gasteiger partial charge on any atom is 0.239 e. The van der Waals surface area contributed by atoms with Crippen LogP contribution in [-0.4, -0.2) is 35.5 Å². The molecule has 1 aliphatic rings. The lowest BCUT2D eigenvalue weighted by atomic mass is 10.3. The summed E-state index contributed by atoms with van der Waals surface area (Å²) in [7, 11) is 0. The quantitative estimate of drug-likeness (QED) is 0.665. The topological polar surface area (TPSA) is 58.1 Å². The van der Waals surface area contributed by atoms with Gasteiger partial charge in [0.1, 0.15) is 11.6 Å². The molecule has 5 heteroatoms. The highest BCUT2D eigenvalue weighted by atomic mass is 16.2. The summed E-state index contributed by atoms with van der Waals surface area (Å²) < 4.78 is 0. The number of piperazine rings is 1. The van der Waals surface area contributed by atoms with E-state index < -0.39 is 0 Å². The van der Waals surface area contributed by atoms with E-state index in [9.17, 15) is 4.79 Å². The lowest BCUT2D eigenvalue weighted by Crippen LogP contribution is -2.48. The molecule has 1 fully saturated rings. The molecule has 1 aromatic heterocycles. The van der Waals surface area contributed by atoms with E-state index in [1.165, 1.54) is 0 Å². The Morgan fingerprint density at radius 1 is 1.57 bits per heavy atom. The van der Waals surface area contributed by atoms with Crippen molar-refractivity contribution < 1.29 is 4.79 Å². The number of anilines is 1. The number of carbonyl (C=O) groups is 1. The Bertz CT molecular complexity index is 352. The molecule has 1 saturated heterocycles. The molecule has 74 valence electrons. The SMILES string of the molecule is Cc1nccc(N2CCNC(=O)C2)n1. The van der Waals surface area contributed by atoms with Crippen molar-refractivity contribution in [3.63, 3.8) is 0 Å². The van der Waals surface area contributed by atoms with Crippen molar-refractivity contribution in [2.45, 2.75) is 6.92 Å². The smallest absolute Gasteiger partial charge is 0.239 e. The molecule has 14 heavy (non-hydrogen) atoms.